The molecule has 4 heteroatoms. The number of nitrogens with zero attached hydrogens (tertiary/aromatic N) is 1. The first-order valence-corrected chi connectivity index (χ1v) is 4.28. The molecule has 1 aromatic heterocycles. The third kappa shape index (κ3) is 1.79. The molecule has 0 saturated heterocycles. The second-order valence-corrected chi connectivity index (χ2v) is 3.00. The molecule has 0 fully saturated rings. The van der Waals surface area contributed by atoms with Crippen molar-refractivity contribution in [3.63, 3.8) is 0 Å². The lowest BCUT2D eigenvalue weighted by atomic mass is 10.1. The van der Waals surface area contributed by atoms with Crippen molar-refractivity contribution in [2.45, 2.75) is 0 Å². The lowest BCUT2D eigenvalue weighted by Gasteiger charge is -2.04. The van der Waals surface area contributed by atoms with Crippen LogP contribution in [0, 0.1) is 11.6 Å². The molecule has 0 saturated carbocycles. The van der Waals surface area contributed by atoms with Crippen LogP contribution in [0.3, 0.4) is 0 Å². The van der Waals surface area contributed by atoms with E-state index in [1.165, 1.54) is 6.20 Å². The molecule has 1 heterocycles. The van der Waals surface area contributed by atoms with Crippen LogP contribution in [-0.4, -0.2) is 10.1 Å². The Kier molecular flexibility index (Phi) is 2.33. The highest BCUT2D eigenvalue weighted by Gasteiger charge is 2.10. The summed E-state index contributed by atoms with van der Waals surface area (Å²) in [6, 6.07) is 6.65. The van der Waals surface area contributed by atoms with E-state index >= 15 is 0 Å². The molecule has 1 aromatic carbocycles. The van der Waals surface area contributed by atoms with Crippen LogP contribution in [0.1, 0.15) is 0 Å². The zero-order chi connectivity index (χ0) is 10.8. The number of halogens is 2. The topological polar surface area (TPSA) is 33.1 Å². The van der Waals surface area contributed by atoms with Gasteiger partial charge in [0.15, 0.2) is 11.6 Å². The number of rotatable bonds is 1. The van der Waals surface area contributed by atoms with Crippen molar-refractivity contribution < 1.29 is 13.9 Å². The fourth-order valence-corrected chi connectivity index (χ4v) is 1.26. The summed E-state index contributed by atoms with van der Waals surface area (Å²) in [7, 11) is 0. The standard InChI is InChI=1S/C11H7F2NO/c12-8-5-7(11(15)6-9(8)13)10-3-1-2-4-14-10/h1-6,15H. The minimum Gasteiger partial charge on any atom is -0.507 e. The van der Waals surface area contributed by atoms with Crippen LogP contribution < -0.4 is 0 Å². The highest BCUT2D eigenvalue weighted by Crippen LogP contribution is 2.29. The van der Waals surface area contributed by atoms with Crippen molar-refractivity contribution in [3.05, 3.63) is 48.2 Å². The maximum absolute atomic E-state index is 12.9. The number of hydrogen-bond acceptors (Lipinski definition) is 2. The lowest BCUT2D eigenvalue weighted by molar-refractivity contribution is 0.456. The summed E-state index contributed by atoms with van der Waals surface area (Å²) < 4.78 is 25.7. The highest BCUT2D eigenvalue weighted by atomic mass is 19.2. The molecular weight excluding hydrogens is 200 g/mol. The molecule has 15 heavy (non-hydrogen) atoms. The maximum atomic E-state index is 12.9. The van der Waals surface area contributed by atoms with Gasteiger partial charge in [-0.1, -0.05) is 6.07 Å². The summed E-state index contributed by atoms with van der Waals surface area (Å²) in [4.78, 5) is 3.93. The maximum Gasteiger partial charge on any atom is 0.162 e. The normalized spacial score (nSPS) is 10.3. The molecule has 2 aromatic rings. The Morgan fingerprint density at radius 3 is 2.47 bits per heavy atom. The molecule has 0 aliphatic heterocycles. The molecule has 76 valence electrons. The van der Waals surface area contributed by atoms with Crippen molar-refractivity contribution in [1.82, 2.24) is 4.98 Å². The monoisotopic (exact) mass is 207 g/mol. The summed E-state index contributed by atoms with van der Waals surface area (Å²) in [6.45, 7) is 0. The van der Waals surface area contributed by atoms with Gasteiger partial charge in [0.25, 0.3) is 0 Å². The summed E-state index contributed by atoms with van der Waals surface area (Å²) in [5, 5.41) is 9.42. The van der Waals surface area contributed by atoms with Gasteiger partial charge >= 0.3 is 0 Å². The lowest BCUT2D eigenvalue weighted by Crippen LogP contribution is -1.88. The van der Waals surface area contributed by atoms with Crippen LogP contribution in [-0.2, 0) is 0 Å². The van der Waals surface area contributed by atoms with Crippen LogP contribution in [0.15, 0.2) is 36.5 Å². The Bertz CT molecular complexity index is 485. The van der Waals surface area contributed by atoms with E-state index in [-0.39, 0.29) is 11.3 Å². The second-order valence-electron chi connectivity index (χ2n) is 3.00. The molecule has 0 spiro atoms. The fourth-order valence-electron chi connectivity index (χ4n) is 1.26. The number of hydrogen-bond donors (Lipinski definition) is 1. The van der Waals surface area contributed by atoms with Crippen LogP contribution in [0.25, 0.3) is 11.3 Å². The van der Waals surface area contributed by atoms with E-state index in [2.05, 4.69) is 4.98 Å². The van der Waals surface area contributed by atoms with E-state index in [9.17, 15) is 13.9 Å². The first-order valence-electron chi connectivity index (χ1n) is 4.28. The zero-order valence-electron chi connectivity index (χ0n) is 7.61. The molecule has 2 rings (SSSR count). The van der Waals surface area contributed by atoms with Gasteiger partial charge in [-0.25, -0.2) is 8.78 Å². The van der Waals surface area contributed by atoms with E-state index < -0.39 is 11.6 Å². The molecule has 2 nitrogen and oxygen atoms in total. The number of aromatic hydroxyl groups is 1. The molecule has 0 aliphatic rings. The van der Waals surface area contributed by atoms with Gasteiger partial charge in [0.05, 0.1) is 5.69 Å². The van der Waals surface area contributed by atoms with E-state index in [0.717, 1.165) is 12.1 Å². The average molecular weight is 207 g/mol. The number of benzene rings is 1. The Labute approximate surface area is 84.8 Å². The minimum atomic E-state index is -1.08. The van der Waals surface area contributed by atoms with Crippen molar-refractivity contribution in [2.75, 3.05) is 0 Å². The van der Waals surface area contributed by atoms with Gasteiger partial charge in [-0.05, 0) is 18.2 Å². The van der Waals surface area contributed by atoms with Crippen molar-refractivity contribution in [3.8, 4) is 17.0 Å². The zero-order valence-corrected chi connectivity index (χ0v) is 7.61. The first-order chi connectivity index (χ1) is 7.18. The van der Waals surface area contributed by atoms with Gasteiger partial charge in [-0.15, -0.1) is 0 Å². The number of phenols is 1. The van der Waals surface area contributed by atoms with Crippen LogP contribution in [0.5, 0.6) is 5.75 Å². The van der Waals surface area contributed by atoms with Gasteiger partial charge in [-0.3, -0.25) is 4.98 Å². The molecule has 0 amide bonds. The average Bonchev–Trinajstić information content (AvgIpc) is 2.25. The van der Waals surface area contributed by atoms with Gasteiger partial charge < -0.3 is 5.11 Å². The highest BCUT2D eigenvalue weighted by molar-refractivity contribution is 5.66. The largest absolute Gasteiger partial charge is 0.507 e. The molecule has 0 radical (unpaired) electrons. The molecule has 1 N–H and O–H groups in total. The quantitative estimate of drug-likeness (QED) is 0.779. The summed E-state index contributed by atoms with van der Waals surface area (Å²) in [5.41, 5.74) is 0.573. The fraction of sp³-hybridized carbons (Fsp3) is 0. The van der Waals surface area contributed by atoms with Gasteiger partial charge in [0.1, 0.15) is 5.75 Å². The summed E-state index contributed by atoms with van der Waals surface area (Å²) in [5.74, 6) is -2.41. The Hall–Kier alpha value is -1.97. The van der Waals surface area contributed by atoms with Crippen molar-refractivity contribution in [2.24, 2.45) is 0 Å². The van der Waals surface area contributed by atoms with Crippen LogP contribution in [0.2, 0.25) is 0 Å². The second kappa shape index (κ2) is 3.65. The number of phenolic OH excluding ortho intramolecular Hbond substituents is 1. The van der Waals surface area contributed by atoms with Gasteiger partial charge in [-0.2, -0.15) is 0 Å². The third-order valence-electron chi connectivity index (χ3n) is 1.98. The van der Waals surface area contributed by atoms with Crippen molar-refractivity contribution >= 4 is 0 Å². The number of aromatic nitrogens is 1. The molecule has 0 bridgehead atoms. The van der Waals surface area contributed by atoms with Crippen LogP contribution in [0.4, 0.5) is 8.78 Å². The summed E-state index contributed by atoms with van der Waals surface area (Å²) in [6.07, 6.45) is 1.51. The predicted molar refractivity (Wildman–Crippen MR) is 51.3 cm³/mol. The third-order valence-corrected chi connectivity index (χ3v) is 1.98. The van der Waals surface area contributed by atoms with Gasteiger partial charge in [0.2, 0.25) is 0 Å². The smallest absolute Gasteiger partial charge is 0.162 e. The first kappa shape index (κ1) is 9.58. The van der Waals surface area contributed by atoms with E-state index in [1.54, 1.807) is 18.2 Å². The summed E-state index contributed by atoms with van der Waals surface area (Å²) >= 11 is 0. The molecule has 0 aliphatic carbocycles. The Morgan fingerprint density at radius 2 is 1.80 bits per heavy atom. The van der Waals surface area contributed by atoms with Crippen LogP contribution >= 0.6 is 0 Å². The van der Waals surface area contributed by atoms with E-state index in [0.29, 0.717) is 5.69 Å². The predicted octanol–water partition coefficient (Wildman–Crippen LogP) is 2.73. The molecule has 0 atom stereocenters. The number of pyridine rings is 1. The SMILES string of the molecule is Oc1cc(F)c(F)cc1-c1ccccn1. The Morgan fingerprint density at radius 1 is 1.07 bits per heavy atom. The molecule has 0 unspecified atom stereocenters. The van der Waals surface area contributed by atoms with E-state index in [4.69, 9.17) is 0 Å². The van der Waals surface area contributed by atoms with Crippen molar-refractivity contribution in [1.29, 1.82) is 0 Å². The Balaban J connectivity index is 2.59. The molecular formula is C11H7F2NO. The van der Waals surface area contributed by atoms with Gasteiger partial charge in [0, 0.05) is 17.8 Å². The van der Waals surface area contributed by atoms with E-state index in [1.807, 2.05) is 0 Å². The minimum absolute atomic E-state index is 0.175.